The third-order valence-corrected chi connectivity index (χ3v) is 7.26. The topological polar surface area (TPSA) is 84.9 Å². The second-order valence-electron chi connectivity index (χ2n) is 6.07. The molecule has 1 fully saturated rings. The smallest absolute Gasteiger partial charge is 0.265 e. The first-order chi connectivity index (χ1) is 12.5. The lowest BCUT2D eigenvalue weighted by atomic mass is 10.2. The van der Waals surface area contributed by atoms with Gasteiger partial charge in [0.15, 0.2) is 11.5 Å². The molecule has 0 atom stereocenters. The second-order valence-corrected chi connectivity index (χ2v) is 8.92. The van der Waals surface area contributed by atoms with E-state index in [1.165, 1.54) is 15.8 Å². The molecule has 2 aliphatic heterocycles. The molecule has 1 amide bonds. The summed E-state index contributed by atoms with van der Waals surface area (Å²) in [6, 6.07) is 6.59. The van der Waals surface area contributed by atoms with Gasteiger partial charge in [-0.05, 0) is 31.0 Å². The molecular weight excluding hydrogens is 376 g/mol. The van der Waals surface area contributed by atoms with Crippen molar-refractivity contribution in [2.24, 2.45) is 0 Å². The summed E-state index contributed by atoms with van der Waals surface area (Å²) in [5.41, 5.74) is 0.566. The fourth-order valence-electron chi connectivity index (χ4n) is 2.96. The van der Waals surface area contributed by atoms with Crippen LogP contribution in [0.1, 0.15) is 22.5 Å². The molecule has 138 valence electrons. The van der Waals surface area contributed by atoms with Crippen molar-refractivity contribution in [3.8, 4) is 11.5 Å². The summed E-state index contributed by atoms with van der Waals surface area (Å²) in [4.78, 5) is 13.0. The van der Waals surface area contributed by atoms with Crippen molar-refractivity contribution in [1.29, 1.82) is 0 Å². The predicted octanol–water partition coefficient (Wildman–Crippen LogP) is 2.56. The first kappa shape index (κ1) is 17.3. The number of hydrogen-bond acceptors (Lipinski definition) is 6. The Morgan fingerprint density at radius 3 is 2.58 bits per heavy atom. The zero-order chi connectivity index (χ0) is 18.1. The van der Waals surface area contributed by atoms with Crippen molar-refractivity contribution in [3.63, 3.8) is 0 Å². The summed E-state index contributed by atoms with van der Waals surface area (Å²) in [6.07, 6.45) is 1.75. The molecule has 2 aromatic rings. The fraction of sp³-hybridized carbons (Fsp3) is 0.353. The second kappa shape index (κ2) is 6.90. The summed E-state index contributed by atoms with van der Waals surface area (Å²) < 4.78 is 37.5. The Balaban J connectivity index is 1.50. The third-order valence-electron chi connectivity index (χ3n) is 4.30. The van der Waals surface area contributed by atoms with Crippen molar-refractivity contribution >= 4 is 33.0 Å². The molecule has 26 heavy (non-hydrogen) atoms. The highest BCUT2D eigenvalue weighted by atomic mass is 32.2. The van der Waals surface area contributed by atoms with Crippen molar-refractivity contribution in [2.75, 3.05) is 31.6 Å². The van der Waals surface area contributed by atoms with E-state index in [9.17, 15) is 13.2 Å². The lowest BCUT2D eigenvalue weighted by molar-refractivity contribution is 0.103. The number of nitrogens with one attached hydrogen (secondary N) is 1. The van der Waals surface area contributed by atoms with Gasteiger partial charge in [-0.3, -0.25) is 4.79 Å². The van der Waals surface area contributed by atoms with Gasteiger partial charge in [-0.2, -0.15) is 4.31 Å². The Morgan fingerprint density at radius 2 is 1.81 bits per heavy atom. The molecule has 0 aliphatic carbocycles. The number of benzene rings is 1. The summed E-state index contributed by atoms with van der Waals surface area (Å²) >= 11 is 1.12. The van der Waals surface area contributed by atoms with Crippen LogP contribution < -0.4 is 14.8 Å². The Hall–Kier alpha value is -2.10. The molecule has 4 rings (SSSR count). The number of thiophene rings is 1. The Bertz CT molecular complexity index is 932. The quantitative estimate of drug-likeness (QED) is 0.861. The zero-order valence-electron chi connectivity index (χ0n) is 13.9. The monoisotopic (exact) mass is 394 g/mol. The predicted molar refractivity (Wildman–Crippen MR) is 97.7 cm³/mol. The molecule has 0 saturated carbocycles. The number of hydrogen-bond donors (Lipinski definition) is 1. The summed E-state index contributed by atoms with van der Waals surface area (Å²) in [5.74, 6) is 0.872. The van der Waals surface area contributed by atoms with E-state index in [0.29, 0.717) is 48.4 Å². The van der Waals surface area contributed by atoms with Crippen LogP contribution in [0.3, 0.4) is 0 Å². The minimum absolute atomic E-state index is 0.178. The molecule has 0 unspecified atom stereocenters. The molecule has 0 spiro atoms. The van der Waals surface area contributed by atoms with Crippen LogP contribution in [-0.4, -0.2) is 44.9 Å². The maximum Gasteiger partial charge on any atom is 0.265 e. The largest absolute Gasteiger partial charge is 0.486 e. The average Bonchev–Trinajstić information content (AvgIpc) is 3.34. The summed E-state index contributed by atoms with van der Waals surface area (Å²) in [6.45, 7) is 2.04. The zero-order valence-corrected chi connectivity index (χ0v) is 15.6. The van der Waals surface area contributed by atoms with Crippen LogP contribution in [0.2, 0.25) is 0 Å². The van der Waals surface area contributed by atoms with E-state index >= 15 is 0 Å². The average molecular weight is 394 g/mol. The molecular formula is C17H18N2O5S2. The van der Waals surface area contributed by atoms with E-state index in [4.69, 9.17) is 9.47 Å². The van der Waals surface area contributed by atoms with Crippen LogP contribution in [0.15, 0.2) is 34.5 Å². The number of carbonyl (C=O) groups excluding carboxylic acids is 1. The van der Waals surface area contributed by atoms with E-state index in [1.807, 2.05) is 0 Å². The van der Waals surface area contributed by atoms with Gasteiger partial charge in [0.05, 0.1) is 9.77 Å². The summed E-state index contributed by atoms with van der Waals surface area (Å²) in [5, 5.41) is 4.29. The van der Waals surface area contributed by atoms with Crippen molar-refractivity contribution in [2.45, 2.75) is 17.7 Å². The molecule has 1 saturated heterocycles. The van der Waals surface area contributed by atoms with Gasteiger partial charge in [0, 0.05) is 30.2 Å². The lowest BCUT2D eigenvalue weighted by Gasteiger charge is -2.18. The van der Waals surface area contributed by atoms with Gasteiger partial charge in [-0.15, -0.1) is 11.3 Å². The number of ether oxygens (including phenoxy) is 2. The van der Waals surface area contributed by atoms with Crippen LogP contribution in [0.5, 0.6) is 11.5 Å². The third kappa shape index (κ3) is 3.29. The minimum atomic E-state index is -3.51. The maximum atomic E-state index is 12.6. The van der Waals surface area contributed by atoms with Gasteiger partial charge < -0.3 is 14.8 Å². The molecule has 2 aliphatic rings. The maximum absolute atomic E-state index is 12.6. The molecule has 7 nitrogen and oxygen atoms in total. The molecule has 9 heteroatoms. The van der Waals surface area contributed by atoms with Crippen LogP contribution in [0.25, 0.3) is 0 Å². The van der Waals surface area contributed by atoms with Crippen LogP contribution in [0, 0.1) is 0 Å². The number of amides is 1. The van der Waals surface area contributed by atoms with Gasteiger partial charge in [-0.1, -0.05) is 0 Å². The molecule has 0 radical (unpaired) electrons. The van der Waals surface area contributed by atoms with E-state index in [0.717, 1.165) is 24.2 Å². The van der Waals surface area contributed by atoms with Crippen LogP contribution >= 0.6 is 11.3 Å². The highest BCUT2D eigenvalue weighted by molar-refractivity contribution is 7.89. The molecule has 1 aromatic heterocycles. The van der Waals surface area contributed by atoms with Gasteiger partial charge in [0.2, 0.25) is 10.0 Å². The van der Waals surface area contributed by atoms with Crippen LogP contribution in [-0.2, 0) is 10.0 Å². The minimum Gasteiger partial charge on any atom is -0.486 e. The molecule has 0 bridgehead atoms. The van der Waals surface area contributed by atoms with Crippen molar-refractivity contribution in [3.05, 3.63) is 34.5 Å². The van der Waals surface area contributed by atoms with Gasteiger partial charge in [-0.25, -0.2) is 8.42 Å². The van der Waals surface area contributed by atoms with Gasteiger partial charge in [0.1, 0.15) is 13.2 Å². The Labute approximate surface area is 155 Å². The van der Waals surface area contributed by atoms with Crippen molar-refractivity contribution in [1.82, 2.24) is 4.31 Å². The first-order valence-corrected chi connectivity index (χ1v) is 10.7. The molecule has 3 heterocycles. The number of sulfonamides is 1. The molecule has 1 N–H and O–H groups in total. The highest BCUT2D eigenvalue weighted by Gasteiger charge is 2.28. The van der Waals surface area contributed by atoms with E-state index in [-0.39, 0.29) is 10.8 Å². The summed E-state index contributed by atoms with van der Waals surface area (Å²) in [7, 11) is -3.51. The van der Waals surface area contributed by atoms with E-state index in [1.54, 1.807) is 18.2 Å². The number of carbonyl (C=O) groups is 1. The fourth-order valence-corrected chi connectivity index (χ4v) is 5.64. The SMILES string of the molecule is O=C(Nc1ccc2c(c1)OCCO2)c1cc(S(=O)(=O)N2CCCC2)cs1. The lowest BCUT2D eigenvalue weighted by Crippen LogP contribution is -2.27. The van der Waals surface area contributed by atoms with Gasteiger partial charge in [0.25, 0.3) is 5.91 Å². The van der Waals surface area contributed by atoms with E-state index < -0.39 is 10.0 Å². The Kier molecular flexibility index (Phi) is 4.60. The normalized spacial score (nSPS) is 17.2. The first-order valence-electron chi connectivity index (χ1n) is 8.34. The number of anilines is 1. The highest BCUT2D eigenvalue weighted by Crippen LogP contribution is 2.33. The Morgan fingerprint density at radius 1 is 1.08 bits per heavy atom. The number of rotatable bonds is 4. The standard InChI is InChI=1S/C17H18N2O5S2/c20-17(18-12-3-4-14-15(9-12)24-8-7-23-14)16-10-13(11-25-16)26(21,22)19-5-1-2-6-19/h3-4,9-11H,1-2,5-8H2,(H,18,20). The van der Waals surface area contributed by atoms with E-state index in [2.05, 4.69) is 5.32 Å². The number of nitrogens with zero attached hydrogens (tertiary/aromatic N) is 1. The number of fused-ring (bicyclic) bond motifs is 1. The van der Waals surface area contributed by atoms with Crippen LogP contribution in [0.4, 0.5) is 5.69 Å². The van der Waals surface area contributed by atoms with Gasteiger partial charge >= 0.3 is 0 Å². The molecule has 1 aromatic carbocycles. The van der Waals surface area contributed by atoms with Crippen molar-refractivity contribution < 1.29 is 22.7 Å².